The van der Waals surface area contributed by atoms with Gasteiger partial charge in [-0.25, -0.2) is 4.79 Å². The zero-order valence-corrected chi connectivity index (χ0v) is 8.40. The average molecular weight is 230 g/mol. The number of carboxylic acid groups (broad SMARTS) is 1. The number of carbonyl (C=O) groups is 1. The van der Waals surface area contributed by atoms with Crippen LogP contribution >= 0.6 is 11.6 Å². The molecule has 80 valence electrons. The van der Waals surface area contributed by atoms with Crippen LogP contribution in [-0.2, 0) is 6.42 Å². The Hall–Kier alpha value is -1.62. The molecule has 0 amide bonds. The van der Waals surface area contributed by atoms with Crippen molar-refractivity contribution in [3.05, 3.63) is 44.5 Å². The Balaban J connectivity index is 2.94. The van der Waals surface area contributed by atoms with Crippen LogP contribution in [0.25, 0.3) is 0 Å². The van der Waals surface area contributed by atoms with Crippen LogP contribution in [0.5, 0.6) is 0 Å². The lowest BCUT2D eigenvalue weighted by Gasteiger charge is -2.04. The third-order valence-electron chi connectivity index (χ3n) is 1.87. The van der Waals surface area contributed by atoms with E-state index in [1.54, 1.807) is 6.07 Å². The van der Waals surface area contributed by atoms with Crippen LogP contribution in [0, 0.1) is 10.1 Å². The van der Waals surface area contributed by atoms with E-state index in [0.29, 0.717) is 5.56 Å². The number of carboxylic acids is 1. The number of nitrogens with zero attached hydrogens (tertiary/aromatic N) is 1. The van der Waals surface area contributed by atoms with Gasteiger partial charge in [0.15, 0.2) is 0 Å². The molecule has 0 unspecified atom stereocenters. The third-order valence-corrected chi connectivity index (χ3v) is 2.32. The number of rotatable bonds is 4. The molecular weight excluding hydrogens is 222 g/mol. The van der Waals surface area contributed by atoms with Crippen molar-refractivity contribution >= 4 is 17.6 Å². The minimum Gasteiger partial charge on any atom is -0.478 e. The highest BCUT2D eigenvalue weighted by atomic mass is 35.5. The summed E-state index contributed by atoms with van der Waals surface area (Å²) in [7, 11) is 0. The first kappa shape index (κ1) is 11.5. The van der Waals surface area contributed by atoms with E-state index in [-0.39, 0.29) is 23.6 Å². The summed E-state index contributed by atoms with van der Waals surface area (Å²) in [6.07, 6.45) is 0.132. The van der Waals surface area contributed by atoms with Gasteiger partial charge in [0, 0.05) is 11.3 Å². The molecule has 0 fully saturated rings. The smallest absolute Gasteiger partial charge is 0.337 e. The standard InChI is InChI=1S/C9H8ClNO4/c10-8-6(4-5-11(14)15)2-1-3-7(8)9(12)13/h1-3H,4-5H2,(H,12,13). The average Bonchev–Trinajstić information content (AvgIpc) is 2.15. The van der Waals surface area contributed by atoms with E-state index in [4.69, 9.17) is 16.7 Å². The van der Waals surface area contributed by atoms with Crippen molar-refractivity contribution in [2.45, 2.75) is 6.42 Å². The second kappa shape index (κ2) is 4.75. The molecule has 1 N–H and O–H groups in total. The van der Waals surface area contributed by atoms with Crippen molar-refractivity contribution in [1.82, 2.24) is 0 Å². The molecule has 0 spiro atoms. The van der Waals surface area contributed by atoms with E-state index in [2.05, 4.69) is 0 Å². The molecule has 0 saturated heterocycles. The number of aromatic carboxylic acids is 1. The summed E-state index contributed by atoms with van der Waals surface area (Å²) in [6, 6.07) is 4.46. The Morgan fingerprint density at radius 1 is 1.53 bits per heavy atom. The first-order valence-corrected chi connectivity index (χ1v) is 4.52. The first-order chi connectivity index (χ1) is 7.02. The highest BCUT2D eigenvalue weighted by Crippen LogP contribution is 2.21. The van der Waals surface area contributed by atoms with Gasteiger partial charge in [-0.1, -0.05) is 23.7 Å². The predicted molar refractivity (Wildman–Crippen MR) is 54.0 cm³/mol. The molecular formula is C9H8ClNO4. The maximum Gasteiger partial charge on any atom is 0.337 e. The maximum atomic E-state index is 10.7. The molecule has 0 aliphatic rings. The second-order valence-corrected chi connectivity index (χ2v) is 3.27. The van der Waals surface area contributed by atoms with Crippen molar-refractivity contribution in [1.29, 1.82) is 0 Å². The largest absolute Gasteiger partial charge is 0.478 e. The van der Waals surface area contributed by atoms with E-state index >= 15 is 0 Å². The Kier molecular flexibility index (Phi) is 3.62. The zero-order valence-electron chi connectivity index (χ0n) is 7.64. The van der Waals surface area contributed by atoms with Gasteiger partial charge < -0.3 is 5.11 Å². The van der Waals surface area contributed by atoms with Gasteiger partial charge in [0.05, 0.1) is 10.6 Å². The van der Waals surface area contributed by atoms with Crippen LogP contribution in [-0.4, -0.2) is 22.5 Å². The highest BCUT2D eigenvalue weighted by Gasteiger charge is 2.12. The summed E-state index contributed by atoms with van der Waals surface area (Å²) in [5, 5.41) is 19.0. The van der Waals surface area contributed by atoms with Gasteiger partial charge in [0.1, 0.15) is 0 Å². The van der Waals surface area contributed by atoms with Crippen molar-refractivity contribution in [2.24, 2.45) is 0 Å². The Morgan fingerprint density at radius 2 is 2.20 bits per heavy atom. The number of nitro groups is 1. The number of hydrogen-bond donors (Lipinski definition) is 1. The van der Waals surface area contributed by atoms with E-state index in [1.807, 2.05) is 0 Å². The second-order valence-electron chi connectivity index (χ2n) is 2.89. The highest BCUT2D eigenvalue weighted by molar-refractivity contribution is 6.34. The SMILES string of the molecule is O=C(O)c1cccc(CC[N+](=O)[O-])c1Cl. The summed E-state index contributed by atoms with van der Waals surface area (Å²) in [6.45, 7) is -0.261. The number of benzene rings is 1. The molecule has 0 aromatic heterocycles. The monoisotopic (exact) mass is 229 g/mol. The fourth-order valence-electron chi connectivity index (χ4n) is 1.15. The molecule has 1 aromatic carbocycles. The Bertz CT molecular complexity index is 405. The van der Waals surface area contributed by atoms with Crippen molar-refractivity contribution in [3.63, 3.8) is 0 Å². The van der Waals surface area contributed by atoms with Crippen molar-refractivity contribution < 1.29 is 14.8 Å². The molecule has 0 aliphatic heterocycles. The van der Waals surface area contributed by atoms with Crippen molar-refractivity contribution in [2.75, 3.05) is 6.54 Å². The number of halogens is 1. The molecule has 0 bridgehead atoms. The fraction of sp³-hybridized carbons (Fsp3) is 0.222. The van der Waals surface area contributed by atoms with Crippen LogP contribution in [0.3, 0.4) is 0 Å². The fourth-order valence-corrected chi connectivity index (χ4v) is 1.45. The normalized spacial score (nSPS) is 9.93. The lowest BCUT2D eigenvalue weighted by atomic mass is 10.1. The third kappa shape index (κ3) is 2.92. The topological polar surface area (TPSA) is 80.4 Å². The van der Waals surface area contributed by atoms with Gasteiger partial charge >= 0.3 is 5.97 Å². The summed E-state index contributed by atoms with van der Waals surface area (Å²) in [5.74, 6) is -1.14. The minimum atomic E-state index is -1.14. The predicted octanol–water partition coefficient (Wildman–Crippen LogP) is 1.86. The first-order valence-electron chi connectivity index (χ1n) is 4.15. The Labute approximate surface area is 90.4 Å². The molecule has 0 radical (unpaired) electrons. The van der Waals surface area contributed by atoms with Gasteiger partial charge in [-0.15, -0.1) is 0 Å². The van der Waals surface area contributed by atoms with Crippen LogP contribution in [0.1, 0.15) is 15.9 Å². The van der Waals surface area contributed by atoms with Crippen LogP contribution in [0.2, 0.25) is 5.02 Å². The minimum absolute atomic E-state index is 0.0301. The lowest BCUT2D eigenvalue weighted by Crippen LogP contribution is -2.06. The van der Waals surface area contributed by atoms with E-state index in [0.717, 1.165) is 0 Å². The van der Waals surface area contributed by atoms with Gasteiger partial charge in [0.2, 0.25) is 6.54 Å². The van der Waals surface area contributed by atoms with Gasteiger partial charge in [-0.2, -0.15) is 0 Å². The Morgan fingerprint density at radius 3 is 2.73 bits per heavy atom. The zero-order chi connectivity index (χ0) is 11.4. The summed E-state index contributed by atoms with van der Waals surface area (Å²) in [5.41, 5.74) is 0.450. The molecule has 0 heterocycles. The number of hydrogen-bond acceptors (Lipinski definition) is 3. The van der Waals surface area contributed by atoms with E-state index in [1.165, 1.54) is 12.1 Å². The summed E-state index contributed by atoms with van der Waals surface area (Å²) >= 11 is 5.78. The van der Waals surface area contributed by atoms with Gasteiger partial charge in [-0.05, 0) is 11.6 Å². The molecule has 6 heteroatoms. The molecule has 0 saturated carbocycles. The molecule has 1 aromatic rings. The van der Waals surface area contributed by atoms with Crippen molar-refractivity contribution in [3.8, 4) is 0 Å². The van der Waals surface area contributed by atoms with Gasteiger partial charge in [-0.3, -0.25) is 10.1 Å². The van der Waals surface area contributed by atoms with Crippen LogP contribution in [0.15, 0.2) is 18.2 Å². The molecule has 0 aliphatic carbocycles. The summed E-state index contributed by atoms with van der Waals surface area (Å²) in [4.78, 5) is 20.4. The molecule has 0 atom stereocenters. The van der Waals surface area contributed by atoms with Gasteiger partial charge in [0.25, 0.3) is 0 Å². The van der Waals surface area contributed by atoms with E-state index < -0.39 is 10.9 Å². The molecule has 15 heavy (non-hydrogen) atoms. The molecule has 1 rings (SSSR count). The lowest BCUT2D eigenvalue weighted by molar-refractivity contribution is -0.479. The summed E-state index contributed by atoms with van der Waals surface area (Å²) < 4.78 is 0. The van der Waals surface area contributed by atoms with E-state index in [9.17, 15) is 14.9 Å². The molecule has 5 nitrogen and oxygen atoms in total. The maximum absolute atomic E-state index is 10.7. The van der Waals surface area contributed by atoms with Crippen LogP contribution in [0.4, 0.5) is 0 Å². The quantitative estimate of drug-likeness (QED) is 0.631. The van der Waals surface area contributed by atoms with Crippen LogP contribution < -0.4 is 0 Å².